The summed E-state index contributed by atoms with van der Waals surface area (Å²) in [6.07, 6.45) is 4.16. The Bertz CT molecular complexity index is 1170. The zero-order valence-electron chi connectivity index (χ0n) is 17.0. The van der Waals surface area contributed by atoms with E-state index in [4.69, 9.17) is 0 Å². The van der Waals surface area contributed by atoms with Gasteiger partial charge in [0.1, 0.15) is 12.4 Å². The number of para-hydroxylation sites is 1. The minimum atomic E-state index is -0.479. The van der Waals surface area contributed by atoms with Gasteiger partial charge in [-0.25, -0.2) is 9.78 Å². The molecule has 1 amide bonds. The predicted octanol–water partition coefficient (Wildman–Crippen LogP) is 1.49. The molecule has 3 heterocycles. The van der Waals surface area contributed by atoms with Gasteiger partial charge >= 0.3 is 5.69 Å². The molecule has 30 heavy (non-hydrogen) atoms. The molecule has 1 fully saturated rings. The van der Waals surface area contributed by atoms with Gasteiger partial charge < -0.3 is 10.2 Å². The summed E-state index contributed by atoms with van der Waals surface area (Å²) in [5, 5.41) is 3.27. The van der Waals surface area contributed by atoms with Gasteiger partial charge in [-0.3, -0.25) is 18.7 Å². The Balaban J connectivity index is 1.48. The molecule has 8 heteroatoms. The fourth-order valence-electron chi connectivity index (χ4n) is 3.86. The SMILES string of the molecule is CCn1c(=O)c2ccccc2n(CC(=O)NCc2ccc(N3CCCC3)nc2)c1=O. The molecule has 1 aromatic carbocycles. The molecule has 1 N–H and O–H groups in total. The van der Waals surface area contributed by atoms with Crippen molar-refractivity contribution in [3.63, 3.8) is 0 Å². The third-order valence-electron chi connectivity index (χ3n) is 5.48. The number of carbonyl (C=O) groups excluding carboxylic acids is 1. The second-order valence-corrected chi connectivity index (χ2v) is 7.43. The van der Waals surface area contributed by atoms with Gasteiger partial charge in [-0.15, -0.1) is 0 Å². The molecule has 2 aromatic heterocycles. The van der Waals surface area contributed by atoms with E-state index in [-0.39, 0.29) is 24.6 Å². The molecule has 156 valence electrons. The maximum absolute atomic E-state index is 12.7. The number of rotatable bonds is 6. The number of anilines is 1. The van der Waals surface area contributed by atoms with Crippen LogP contribution in [0.3, 0.4) is 0 Å². The van der Waals surface area contributed by atoms with Crippen LogP contribution in [-0.4, -0.2) is 33.1 Å². The van der Waals surface area contributed by atoms with Gasteiger partial charge in [0, 0.05) is 32.4 Å². The lowest BCUT2D eigenvalue weighted by Crippen LogP contribution is -2.42. The number of carbonyl (C=O) groups is 1. The Labute approximate surface area is 173 Å². The van der Waals surface area contributed by atoms with Crippen LogP contribution in [0, 0.1) is 0 Å². The van der Waals surface area contributed by atoms with E-state index in [9.17, 15) is 14.4 Å². The molecule has 0 aliphatic carbocycles. The summed E-state index contributed by atoms with van der Waals surface area (Å²) in [5.41, 5.74) is 0.540. The van der Waals surface area contributed by atoms with Gasteiger partial charge in [-0.2, -0.15) is 0 Å². The molecule has 0 bridgehead atoms. The first kappa shape index (κ1) is 19.9. The summed E-state index contributed by atoms with van der Waals surface area (Å²) in [6.45, 7) is 4.22. The molecule has 1 saturated heterocycles. The number of nitrogens with one attached hydrogen (secondary N) is 1. The molecule has 0 saturated carbocycles. The first-order chi connectivity index (χ1) is 14.6. The lowest BCUT2D eigenvalue weighted by atomic mass is 10.2. The summed E-state index contributed by atoms with van der Waals surface area (Å²) >= 11 is 0. The smallest absolute Gasteiger partial charge is 0.331 e. The van der Waals surface area contributed by atoms with E-state index >= 15 is 0 Å². The van der Waals surface area contributed by atoms with E-state index in [2.05, 4.69) is 15.2 Å². The second-order valence-electron chi connectivity index (χ2n) is 7.43. The van der Waals surface area contributed by atoms with Crippen LogP contribution in [0.2, 0.25) is 0 Å². The number of pyridine rings is 1. The summed E-state index contributed by atoms with van der Waals surface area (Å²) in [7, 11) is 0. The monoisotopic (exact) mass is 407 g/mol. The van der Waals surface area contributed by atoms with Crippen LogP contribution in [0.5, 0.6) is 0 Å². The number of fused-ring (bicyclic) bond motifs is 1. The molecule has 8 nitrogen and oxygen atoms in total. The molecule has 1 aliphatic rings. The number of hydrogen-bond acceptors (Lipinski definition) is 5. The van der Waals surface area contributed by atoms with E-state index in [1.165, 1.54) is 17.4 Å². The van der Waals surface area contributed by atoms with Gasteiger partial charge in [0.2, 0.25) is 5.91 Å². The van der Waals surface area contributed by atoms with Gasteiger partial charge in [-0.05, 0) is 43.5 Å². The van der Waals surface area contributed by atoms with Crippen molar-refractivity contribution < 1.29 is 4.79 Å². The Kier molecular flexibility index (Phi) is 5.65. The molecule has 4 rings (SSSR count). The Hall–Kier alpha value is -3.42. The summed E-state index contributed by atoms with van der Waals surface area (Å²) in [6, 6.07) is 10.8. The minimum Gasteiger partial charge on any atom is -0.357 e. The lowest BCUT2D eigenvalue weighted by Gasteiger charge is -2.16. The van der Waals surface area contributed by atoms with Crippen molar-refractivity contribution in [1.29, 1.82) is 0 Å². The van der Waals surface area contributed by atoms with Crippen LogP contribution in [0.1, 0.15) is 25.3 Å². The Morgan fingerprint density at radius 1 is 1.07 bits per heavy atom. The van der Waals surface area contributed by atoms with Crippen LogP contribution < -0.4 is 21.5 Å². The molecular formula is C22H25N5O3. The maximum atomic E-state index is 12.7. The number of nitrogens with zero attached hydrogens (tertiary/aromatic N) is 4. The van der Waals surface area contributed by atoms with Crippen molar-refractivity contribution in [3.05, 3.63) is 69.0 Å². The number of benzene rings is 1. The fourth-order valence-corrected chi connectivity index (χ4v) is 3.86. The lowest BCUT2D eigenvalue weighted by molar-refractivity contribution is -0.121. The summed E-state index contributed by atoms with van der Waals surface area (Å²) in [5.74, 6) is 0.662. The standard InChI is InChI=1S/C22H25N5O3/c1-2-26-21(29)17-7-3-4-8-18(17)27(22(26)30)15-20(28)24-14-16-9-10-19(23-13-16)25-11-5-6-12-25/h3-4,7-10,13H,2,5-6,11-12,14-15H2,1H3,(H,24,28). The molecule has 0 unspecified atom stereocenters. The molecule has 0 radical (unpaired) electrons. The highest BCUT2D eigenvalue weighted by atomic mass is 16.2. The van der Waals surface area contributed by atoms with Crippen LogP contribution in [0.15, 0.2) is 52.2 Å². The van der Waals surface area contributed by atoms with Crippen molar-refractivity contribution in [2.24, 2.45) is 0 Å². The van der Waals surface area contributed by atoms with Gasteiger partial charge in [0.05, 0.1) is 10.9 Å². The van der Waals surface area contributed by atoms with Crippen LogP contribution in [-0.2, 0) is 24.4 Å². The van der Waals surface area contributed by atoms with E-state index in [0.717, 1.165) is 29.0 Å². The highest BCUT2D eigenvalue weighted by molar-refractivity contribution is 5.81. The third kappa shape index (κ3) is 3.85. The highest BCUT2D eigenvalue weighted by Gasteiger charge is 2.15. The minimum absolute atomic E-state index is 0.154. The first-order valence-electron chi connectivity index (χ1n) is 10.3. The first-order valence-corrected chi connectivity index (χ1v) is 10.3. The van der Waals surface area contributed by atoms with Gasteiger partial charge in [-0.1, -0.05) is 18.2 Å². The largest absolute Gasteiger partial charge is 0.357 e. The highest BCUT2D eigenvalue weighted by Crippen LogP contribution is 2.17. The number of aromatic nitrogens is 3. The van der Waals surface area contributed by atoms with E-state index in [0.29, 0.717) is 17.4 Å². The summed E-state index contributed by atoms with van der Waals surface area (Å²) < 4.78 is 2.50. The molecule has 0 spiro atoms. The van der Waals surface area contributed by atoms with Crippen molar-refractivity contribution in [2.45, 2.75) is 39.4 Å². The van der Waals surface area contributed by atoms with Crippen molar-refractivity contribution >= 4 is 22.6 Å². The zero-order valence-corrected chi connectivity index (χ0v) is 17.0. The van der Waals surface area contributed by atoms with Crippen molar-refractivity contribution in [3.8, 4) is 0 Å². The number of amides is 1. The van der Waals surface area contributed by atoms with E-state index in [1.807, 2.05) is 12.1 Å². The number of hydrogen-bond donors (Lipinski definition) is 1. The van der Waals surface area contributed by atoms with Crippen molar-refractivity contribution in [2.75, 3.05) is 18.0 Å². The maximum Gasteiger partial charge on any atom is 0.331 e. The zero-order chi connectivity index (χ0) is 21.1. The van der Waals surface area contributed by atoms with Crippen LogP contribution >= 0.6 is 0 Å². The van der Waals surface area contributed by atoms with E-state index in [1.54, 1.807) is 37.4 Å². The molecule has 0 atom stereocenters. The fraction of sp³-hybridized carbons (Fsp3) is 0.364. The second kappa shape index (κ2) is 8.52. The van der Waals surface area contributed by atoms with E-state index < -0.39 is 5.69 Å². The van der Waals surface area contributed by atoms with Crippen molar-refractivity contribution in [1.82, 2.24) is 19.4 Å². The average molecular weight is 407 g/mol. The quantitative estimate of drug-likeness (QED) is 0.669. The van der Waals surface area contributed by atoms with Gasteiger partial charge in [0.15, 0.2) is 0 Å². The topological polar surface area (TPSA) is 89.2 Å². The summed E-state index contributed by atoms with van der Waals surface area (Å²) in [4.78, 5) is 44.5. The third-order valence-corrected chi connectivity index (χ3v) is 5.48. The molecule has 1 aliphatic heterocycles. The predicted molar refractivity (Wildman–Crippen MR) is 116 cm³/mol. The Morgan fingerprint density at radius 3 is 2.53 bits per heavy atom. The molecular weight excluding hydrogens is 382 g/mol. The average Bonchev–Trinajstić information content (AvgIpc) is 3.31. The normalized spacial score (nSPS) is 13.7. The van der Waals surface area contributed by atoms with Crippen LogP contribution in [0.25, 0.3) is 10.9 Å². The van der Waals surface area contributed by atoms with Crippen LogP contribution in [0.4, 0.5) is 5.82 Å². The Morgan fingerprint density at radius 2 is 1.83 bits per heavy atom. The molecule has 3 aromatic rings. The van der Waals surface area contributed by atoms with Gasteiger partial charge in [0.25, 0.3) is 5.56 Å².